The number of aromatic amines is 1. The van der Waals surface area contributed by atoms with Crippen LogP contribution in [0.3, 0.4) is 0 Å². The maximum Gasteiger partial charge on any atom is 0.259 e. The van der Waals surface area contributed by atoms with E-state index in [-0.39, 0.29) is 11.4 Å². The van der Waals surface area contributed by atoms with Crippen molar-refractivity contribution in [3.8, 4) is 11.4 Å². The number of fused-ring (bicyclic) bond motifs is 1. The number of rotatable bonds is 3. The van der Waals surface area contributed by atoms with Crippen molar-refractivity contribution in [1.82, 2.24) is 15.1 Å². The molecule has 25 heavy (non-hydrogen) atoms. The Balaban J connectivity index is 1.72. The molecule has 0 radical (unpaired) electrons. The number of nitrogens with one attached hydrogen (secondary N) is 1. The van der Waals surface area contributed by atoms with Crippen LogP contribution >= 0.6 is 31.9 Å². The molecule has 5 nitrogen and oxygen atoms in total. The summed E-state index contributed by atoms with van der Waals surface area (Å²) in [7, 11) is 0. The molecule has 0 aliphatic rings. The van der Waals surface area contributed by atoms with Gasteiger partial charge in [-0.15, -0.1) is 0 Å². The van der Waals surface area contributed by atoms with E-state index in [1.807, 2.05) is 42.5 Å². The van der Waals surface area contributed by atoms with Crippen molar-refractivity contribution in [2.24, 2.45) is 0 Å². The van der Waals surface area contributed by atoms with Crippen molar-refractivity contribution >= 4 is 42.8 Å². The van der Waals surface area contributed by atoms with Gasteiger partial charge in [0.15, 0.2) is 0 Å². The van der Waals surface area contributed by atoms with Crippen LogP contribution in [-0.2, 0) is 6.42 Å². The summed E-state index contributed by atoms with van der Waals surface area (Å²) in [5, 5.41) is 4.86. The van der Waals surface area contributed by atoms with Crippen LogP contribution in [0.15, 0.2) is 66.8 Å². The second-order valence-corrected chi connectivity index (χ2v) is 7.29. The smallest absolute Gasteiger partial charge is 0.259 e. The molecule has 0 saturated heterocycles. The third kappa shape index (κ3) is 3.29. The van der Waals surface area contributed by atoms with Gasteiger partial charge >= 0.3 is 0 Å². The molecule has 2 aromatic heterocycles. The zero-order valence-electron chi connectivity index (χ0n) is 12.8. The van der Waals surface area contributed by atoms with Gasteiger partial charge in [-0.25, -0.2) is 0 Å². The van der Waals surface area contributed by atoms with Crippen LogP contribution in [0.1, 0.15) is 11.5 Å². The van der Waals surface area contributed by atoms with E-state index >= 15 is 0 Å². The Morgan fingerprint density at radius 1 is 1.08 bits per heavy atom. The van der Waals surface area contributed by atoms with Gasteiger partial charge in [-0.3, -0.25) is 4.79 Å². The molecule has 0 atom stereocenters. The van der Waals surface area contributed by atoms with Crippen molar-refractivity contribution in [1.29, 1.82) is 0 Å². The minimum atomic E-state index is -0.247. The lowest BCUT2D eigenvalue weighted by Gasteiger charge is -2.01. The molecule has 0 saturated carbocycles. The SMILES string of the molecule is O=c1[nH]c2ccc(Br)cc2cc1-c1noc(Cc2ccccc2Br)n1. The minimum Gasteiger partial charge on any atom is -0.339 e. The van der Waals surface area contributed by atoms with Gasteiger partial charge in [0.05, 0.1) is 12.0 Å². The van der Waals surface area contributed by atoms with Crippen LogP contribution in [0.4, 0.5) is 0 Å². The van der Waals surface area contributed by atoms with Crippen LogP contribution in [0.25, 0.3) is 22.3 Å². The lowest BCUT2D eigenvalue weighted by Crippen LogP contribution is -2.09. The van der Waals surface area contributed by atoms with Crippen molar-refractivity contribution in [3.05, 3.63) is 79.3 Å². The van der Waals surface area contributed by atoms with E-state index in [0.717, 1.165) is 25.4 Å². The molecule has 0 spiro atoms. The second kappa shape index (κ2) is 6.57. The normalized spacial score (nSPS) is 11.1. The maximum atomic E-state index is 12.3. The first-order chi connectivity index (χ1) is 12.1. The monoisotopic (exact) mass is 459 g/mol. The highest BCUT2D eigenvalue weighted by Gasteiger charge is 2.14. The Morgan fingerprint density at radius 3 is 2.76 bits per heavy atom. The zero-order valence-corrected chi connectivity index (χ0v) is 16.0. The zero-order chi connectivity index (χ0) is 17.4. The van der Waals surface area contributed by atoms with Gasteiger partial charge in [-0.1, -0.05) is 55.2 Å². The number of halogens is 2. The summed E-state index contributed by atoms with van der Waals surface area (Å²) in [6.45, 7) is 0. The lowest BCUT2D eigenvalue weighted by atomic mass is 10.1. The molecular formula is C18H11Br2N3O2. The summed E-state index contributed by atoms with van der Waals surface area (Å²) in [6.07, 6.45) is 0.492. The third-order valence-corrected chi connectivity index (χ3v) is 5.08. The molecular weight excluding hydrogens is 450 g/mol. The quantitative estimate of drug-likeness (QED) is 0.481. The molecule has 2 aromatic carbocycles. The van der Waals surface area contributed by atoms with E-state index in [0.29, 0.717) is 17.9 Å². The average molecular weight is 461 g/mol. The molecule has 7 heteroatoms. The molecule has 0 unspecified atom stereocenters. The highest BCUT2D eigenvalue weighted by atomic mass is 79.9. The summed E-state index contributed by atoms with van der Waals surface area (Å²) >= 11 is 6.94. The minimum absolute atomic E-state index is 0.247. The number of hydrogen-bond donors (Lipinski definition) is 1. The largest absolute Gasteiger partial charge is 0.339 e. The van der Waals surface area contributed by atoms with E-state index in [1.54, 1.807) is 6.07 Å². The Morgan fingerprint density at radius 2 is 1.92 bits per heavy atom. The molecule has 1 N–H and O–H groups in total. The van der Waals surface area contributed by atoms with Crippen LogP contribution < -0.4 is 5.56 Å². The van der Waals surface area contributed by atoms with E-state index in [9.17, 15) is 4.79 Å². The summed E-state index contributed by atoms with van der Waals surface area (Å²) in [5.41, 5.74) is 1.93. The van der Waals surface area contributed by atoms with Gasteiger partial charge in [-0.05, 0) is 35.9 Å². The van der Waals surface area contributed by atoms with E-state index in [1.165, 1.54) is 0 Å². The first kappa shape index (κ1) is 16.2. The fourth-order valence-corrected chi connectivity index (χ4v) is 3.39. The number of H-pyrrole nitrogens is 1. The molecule has 124 valence electrons. The molecule has 4 rings (SSSR count). The standard InChI is InChI=1S/C18H11Br2N3O2/c19-12-5-6-15-11(7-12)8-13(18(24)21-15)17-22-16(25-23-17)9-10-3-1-2-4-14(10)20/h1-8H,9H2,(H,21,24). The summed E-state index contributed by atoms with van der Waals surface area (Å²) < 4.78 is 7.23. The number of pyridine rings is 1. The summed E-state index contributed by atoms with van der Waals surface area (Å²) in [5.74, 6) is 0.737. The van der Waals surface area contributed by atoms with Crippen LogP contribution in [-0.4, -0.2) is 15.1 Å². The van der Waals surface area contributed by atoms with Crippen molar-refractivity contribution in [3.63, 3.8) is 0 Å². The molecule has 0 bridgehead atoms. The number of hydrogen-bond acceptors (Lipinski definition) is 4. The van der Waals surface area contributed by atoms with E-state index in [4.69, 9.17) is 4.52 Å². The lowest BCUT2D eigenvalue weighted by molar-refractivity contribution is 0.385. The Labute approximate surface area is 159 Å². The van der Waals surface area contributed by atoms with E-state index in [2.05, 4.69) is 47.0 Å². The Bertz CT molecular complexity index is 1130. The van der Waals surface area contributed by atoms with Gasteiger partial charge in [0.2, 0.25) is 11.7 Å². The number of nitrogens with zero attached hydrogens (tertiary/aromatic N) is 2. The molecule has 4 aromatic rings. The molecule has 0 aliphatic heterocycles. The molecule has 2 heterocycles. The van der Waals surface area contributed by atoms with Crippen molar-refractivity contribution in [2.75, 3.05) is 0 Å². The molecule has 0 aliphatic carbocycles. The van der Waals surface area contributed by atoms with Gasteiger partial charge < -0.3 is 9.51 Å². The van der Waals surface area contributed by atoms with Crippen molar-refractivity contribution in [2.45, 2.75) is 6.42 Å². The third-order valence-electron chi connectivity index (χ3n) is 3.81. The predicted octanol–water partition coefficient (Wildman–Crippen LogP) is 4.69. The fraction of sp³-hybridized carbons (Fsp3) is 0.0556. The highest BCUT2D eigenvalue weighted by molar-refractivity contribution is 9.10. The number of benzene rings is 2. The first-order valence-electron chi connectivity index (χ1n) is 7.49. The van der Waals surface area contributed by atoms with Gasteiger partial charge in [0.1, 0.15) is 0 Å². The number of aromatic nitrogens is 3. The van der Waals surface area contributed by atoms with Gasteiger partial charge in [0.25, 0.3) is 5.56 Å². The summed E-state index contributed by atoms with van der Waals surface area (Å²) in [4.78, 5) is 19.6. The van der Waals surface area contributed by atoms with E-state index < -0.39 is 0 Å². The van der Waals surface area contributed by atoms with Crippen LogP contribution in [0.5, 0.6) is 0 Å². The van der Waals surface area contributed by atoms with Crippen LogP contribution in [0.2, 0.25) is 0 Å². The maximum absolute atomic E-state index is 12.3. The molecule has 0 amide bonds. The van der Waals surface area contributed by atoms with Gasteiger partial charge in [-0.2, -0.15) is 4.98 Å². The molecule has 0 fully saturated rings. The second-order valence-electron chi connectivity index (χ2n) is 5.52. The Hall–Kier alpha value is -2.25. The summed E-state index contributed by atoms with van der Waals surface area (Å²) in [6, 6.07) is 15.2. The first-order valence-corrected chi connectivity index (χ1v) is 9.08. The Kier molecular flexibility index (Phi) is 4.27. The topological polar surface area (TPSA) is 71.8 Å². The average Bonchev–Trinajstić information content (AvgIpc) is 3.05. The van der Waals surface area contributed by atoms with Crippen LogP contribution in [0, 0.1) is 0 Å². The predicted molar refractivity (Wildman–Crippen MR) is 103 cm³/mol. The van der Waals surface area contributed by atoms with Gasteiger partial charge in [0, 0.05) is 19.8 Å². The fourth-order valence-electron chi connectivity index (χ4n) is 2.58. The highest BCUT2D eigenvalue weighted by Crippen LogP contribution is 2.23. The van der Waals surface area contributed by atoms with Crippen molar-refractivity contribution < 1.29 is 4.52 Å².